The highest BCUT2D eigenvalue weighted by molar-refractivity contribution is 7.92. The number of halogens is 1. The molecule has 0 aliphatic heterocycles. The van der Waals surface area contributed by atoms with Crippen molar-refractivity contribution in [3.63, 3.8) is 0 Å². The van der Waals surface area contributed by atoms with Crippen LogP contribution in [0.25, 0.3) is 0 Å². The van der Waals surface area contributed by atoms with Crippen LogP contribution >= 0.6 is 11.6 Å². The Kier molecular flexibility index (Phi) is 9.62. The standard InChI is InChI=1S/C26H34ClN3O5S/c1-4-24(26(32)28-20-10-6-7-11-20)29(17-19-9-5-8-12-23(19)27)25(31)18-30(36(3,33)34)21-13-15-22(35-2)16-14-21/h5,8-9,12-16,20,24H,4,6-7,10-11,17-18H2,1-3H3,(H,28,32)/t24-/m0/s1. The minimum atomic E-state index is -3.80. The molecule has 0 bridgehead atoms. The smallest absolute Gasteiger partial charge is 0.244 e. The van der Waals surface area contributed by atoms with E-state index in [4.69, 9.17) is 16.3 Å². The maximum atomic E-state index is 13.7. The summed E-state index contributed by atoms with van der Waals surface area (Å²) in [5.74, 6) is -0.168. The number of hydrogen-bond donors (Lipinski definition) is 1. The van der Waals surface area contributed by atoms with Gasteiger partial charge in [0, 0.05) is 17.6 Å². The number of anilines is 1. The molecule has 0 unspecified atom stereocenters. The summed E-state index contributed by atoms with van der Waals surface area (Å²) >= 11 is 6.38. The molecule has 0 spiro atoms. The number of amides is 2. The van der Waals surface area contributed by atoms with Gasteiger partial charge in [0.15, 0.2) is 0 Å². The molecule has 1 aliphatic carbocycles. The lowest BCUT2D eigenvalue weighted by Gasteiger charge is -2.33. The second kappa shape index (κ2) is 12.5. The van der Waals surface area contributed by atoms with Crippen molar-refractivity contribution in [1.82, 2.24) is 10.2 Å². The lowest BCUT2D eigenvalue weighted by Crippen LogP contribution is -2.53. The van der Waals surface area contributed by atoms with Gasteiger partial charge in [0.2, 0.25) is 21.8 Å². The van der Waals surface area contributed by atoms with Crippen LogP contribution < -0.4 is 14.4 Å². The Morgan fingerprint density at radius 3 is 2.31 bits per heavy atom. The lowest BCUT2D eigenvalue weighted by atomic mass is 10.1. The Balaban J connectivity index is 1.92. The first kappa shape index (κ1) is 27.8. The summed E-state index contributed by atoms with van der Waals surface area (Å²) in [5.41, 5.74) is 1.00. The number of benzene rings is 2. The fourth-order valence-corrected chi connectivity index (χ4v) is 5.50. The van der Waals surface area contributed by atoms with E-state index in [1.54, 1.807) is 42.5 Å². The Bertz CT molecular complexity index is 1150. The maximum absolute atomic E-state index is 13.7. The predicted octanol–water partition coefficient (Wildman–Crippen LogP) is 3.98. The highest BCUT2D eigenvalue weighted by atomic mass is 35.5. The zero-order valence-corrected chi connectivity index (χ0v) is 22.5. The summed E-state index contributed by atoms with van der Waals surface area (Å²) in [5, 5.41) is 3.55. The summed E-state index contributed by atoms with van der Waals surface area (Å²) in [7, 11) is -2.29. The van der Waals surface area contributed by atoms with E-state index in [2.05, 4.69) is 5.32 Å². The van der Waals surface area contributed by atoms with Crippen molar-refractivity contribution < 1.29 is 22.7 Å². The van der Waals surface area contributed by atoms with Crippen molar-refractivity contribution in [2.45, 2.75) is 57.7 Å². The number of nitrogens with zero attached hydrogens (tertiary/aromatic N) is 2. The topological polar surface area (TPSA) is 96.0 Å². The minimum Gasteiger partial charge on any atom is -0.497 e. The zero-order valence-electron chi connectivity index (χ0n) is 20.9. The molecule has 1 aliphatic rings. The molecule has 1 fully saturated rings. The second-order valence-electron chi connectivity index (χ2n) is 8.99. The van der Waals surface area contributed by atoms with Gasteiger partial charge in [-0.3, -0.25) is 13.9 Å². The summed E-state index contributed by atoms with van der Waals surface area (Å²) in [6.07, 6.45) is 5.38. The van der Waals surface area contributed by atoms with Gasteiger partial charge in [-0.25, -0.2) is 8.42 Å². The Morgan fingerprint density at radius 2 is 1.75 bits per heavy atom. The average Bonchev–Trinajstić information content (AvgIpc) is 3.36. The fourth-order valence-electron chi connectivity index (χ4n) is 4.46. The molecule has 8 nitrogen and oxygen atoms in total. The van der Waals surface area contributed by atoms with Gasteiger partial charge in [-0.2, -0.15) is 0 Å². The van der Waals surface area contributed by atoms with E-state index < -0.39 is 28.5 Å². The largest absolute Gasteiger partial charge is 0.497 e. The highest BCUT2D eigenvalue weighted by Crippen LogP contribution is 2.24. The van der Waals surface area contributed by atoms with E-state index in [1.165, 1.54) is 12.0 Å². The molecular weight excluding hydrogens is 502 g/mol. The van der Waals surface area contributed by atoms with E-state index >= 15 is 0 Å². The van der Waals surface area contributed by atoms with Crippen molar-refractivity contribution >= 4 is 39.1 Å². The molecule has 0 radical (unpaired) electrons. The lowest BCUT2D eigenvalue weighted by molar-refractivity contribution is -0.140. The molecule has 0 aromatic heterocycles. The fraction of sp³-hybridized carbons (Fsp3) is 0.462. The van der Waals surface area contributed by atoms with Gasteiger partial charge in [-0.05, 0) is 55.2 Å². The number of carbonyl (C=O) groups excluding carboxylic acids is 2. The Hall–Kier alpha value is -2.78. The van der Waals surface area contributed by atoms with Crippen LogP contribution in [0.3, 0.4) is 0 Å². The van der Waals surface area contributed by atoms with E-state index in [0.29, 0.717) is 28.4 Å². The molecule has 1 atom stereocenters. The molecule has 0 heterocycles. The molecule has 1 saturated carbocycles. The molecule has 10 heteroatoms. The normalized spacial score (nSPS) is 14.8. The molecule has 3 rings (SSSR count). The van der Waals surface area contributed by atoms with Crippen LogP contribution in [0.4, 0.5) is 5.69 Å². The molecule has 2 amide bonds. The molecular formula is C26H34ClN3O5S. The molecule has 196 valence electrons. The average molecular weight is 536 g/mol. The van der Waals surface area contributed by atoms with Crippen LogP contribution in [0.5, 0.6) is 5.75 Å². The van der Waals surface area contributed by atoms with Gasteiger partial charge in [0.25, 0.3) is 0 Å². The van der Waals surface area contributed by atoms with Crippen LogP contribution in [0.2, 0.25) is 5.02 Å². The quantitative estimate of drug-likeness (QED) is 0.469. The van der Waals surface area contributed by atoms with Crippen LogP contribution in [0.1, 0.15) is 44.6 Å². The number of nitrogens with one attached hydrogen (secondary N) is 1. The predicted molar refractivity (Wildman–Crippen MR) is 142 cm³/mol. The third-order valence-corrected chi connectivity index (χ3v) is 7.93. The number of ether oxygens (including phenoxy) is 1. The number of sulfonamides is 1. The van der Waals surface area contributed by atoms with Crippen molar-refractivity contribution in [2.75, 3.05) is 24.2 Å². The second-order valence-corrected chi connectivity index (χ2v) is 11.3. The highest BCUT2D eigenvalue weighted by Gasteiger charge is 2.33. The molecule has 36 heavy (non-hydrogen) atoms. The number of hydrogen-bond acceptors (Lipinski definition) is 5. The minimum absolute atomic E-state index is 0.0787. The molecule has 0 saturated heterocycles. The SMILES string of the molecule is CC[C@@H](C(=O)NC1CCCC1)N(Cc1ccccc1Cl)C(=O)CN(c1ccc(OC)cc1)S(C)(=O)=O. The van der Waals surface area contributed by atoms with Gasteiger partial charge in [-0.1, -0.05) is 49.6 Å². The zero-order chi connectivity index (χ0) is 26.3. The van der Waals surface area contributed by atoms with Crippen molar-refractivity contribution in [1.29, 1.82) is 0 Å². The van der Waals surface area contributed by atoms with E-state index in [-0.39, 0.29) is 18.5 Å². The summed E-state index contributed by atoms with van der Waals surface area (Å²) < 4.78 is 31.6. The monoisotopic (exact) mass is 535 g/mol. The van der Waals surface area contributed by atoms with Gasteiger partial charge in [0.05, 0.1) is 19.1 Å². The van der Waals surface area contributed by atoms with E-state index in [9.17, 15) is 18.0 Å². The first-order valence-electron chi connectivity index (χ1n) is 12.1. The molecule has 2 aromatic rings. The van der Waals surface area contributed by atoms with E-state index in [1.807, 2.05) is 13.0 Å². The maximum Gasteiger partial charge on any atom is 0.244 e. The number of rotatable bonds is 11. The van der Waals surface area contributed by atoms with E-state index in [0.717, 1.165) is 36.2 Å². The van der Waals surface area contributed by atoms with Crippen molar-refractivity contribution in [2.24, 2.45) is 0 Å². The van der Waals surface area contributed by atoms with Crippen LogP contribution in [-0.4, -0.2) is 57.1 Å². The summed E-state index contributed by atoms with van der Waals surface area (Å²) in [4.78, 5) is 28.5. The summed E-state index contributed by atoms with van der Waals surface area (Å²) in [6.45, 7) is 1.46. The first-order chi connectivity index (χ1) is 17.1. The van der Waals surface area contributed by atoms with Crippen molar-refractivity contribution in [3.8, 4) is 5.75 Å². The van der Waals surface area contributed by atoms with Gasteiger partial charge >= 0.3 is 0 Å². The van der Waals surface area contributed by atoms with Gasteiger partial charge in [-0.15, -0.1) is 0 Å². The first-order valence-corrected chi connectivity index (χ1v) is 14.3. The van der Waals surface area contributed by atoms with Crippen molar-refractivity contribution in [3.05, 3.63) is 59.1 Å². The van der Waals surface area contributed by atoms with Gasteiger partial charge in [0.1, 0.15) is 18.3 Å². The number of carbonyl (C=O) groups is 2. The van der Waals surface area contributed by atoms with Crippen LogP contribution in [0.15, 0.2) is 48.5 Å². The Morgan fingerprint density at radius 1 is 1.11 bits per heavy atom. The van der Waals surface area contributed by atoms with Gasteiger partial charge < -0.3 is 15.0 Å². The van der Waals surface area contributed by atoms with Crippen LogP contribution in [-0.2, 0) is 26.2 Å². The third kappa shape index (κ3) is 7.13. The molecule has 1 N–H and O–H groups in total. The van der Waals surface area contributed by atoms with Crippen LogP contribution in [0, 0.1) is 0 Å². The number of methoxy groups -OCH3 is 1. The Labute approximate surface area is 218 Å². The molecule has 2 aromatic carbocycles. The summed E-state index contributed by atoms with van der Waals surface area (Å²) in [6, 6.07) is 12.8. The third-order valence-electron chi connectivity index (χ3n) is 6.43.